The Morgan fingerprint density at radius 3 is 2.71 bits per heavy atom. The number of nitrogens with two attached hydrogens (primary N) is 1. The highest BCUT2D eigenvalue weighted by molar-refractivity contribution is 9.10. The Kier molecular flexibility index (Phi) is 5.14. The number of benzene rings is 2. The van der Waals surface area contributed by atoms with Crippen LogP contribution in [0.4, 0.5) is 10.1 Å². The molecule has 2 rings (SSSR count). The van der Waals surface area contributed by atoms with Crippen molar-refractivity contribution < 1.29 is 9.13 Å². The van der Waals surface area contributed by atoms with Gasteiger partial charge in [0.1, 0.15) is 10.7 Å². The lowest BCUT2D eigenvalue weighted by molar-refractivity contribution is 0.410. The highest BCUT2D eigenvalue weighted by Crippen LogP contribution is 2.28. The molecule has 0 atom stereocenters. The molecule has 21 heavy (non-hydrogen) atoms. The third-order valence-corrected chi connectivity index (χ3v) is 4.00. The predicted molar refractivity (Wildman–Crippen MR) is 90.3 cm³/mol. The van der Waals surface area contributed by atoms with E-state index in [1.807, 2.05) is 24.3 Å². The largest absolute Gasteiger partial charge is 0.496 e. The van der Waals surface area contributed by atoms with E-state index < -0.39 is 5.82 Å². The number of hydrogen-bond donors (Lipinski definition) is 2. The van der Waals surface area contributed by atoms with E-state index in [4.69, 9.17) is 22.7 Å². The second-order valence-electron chi connectivity index (χ2n) is 4.32. The van der Waals surface area contributed by atoms with E-state index in [1.54, 1.807) is 19.2 Å². The first-order valence-electron chi connectivity index (χ1n) is 6.18. The van der Waals surface area contributed by atoms with Crippen molar-refractivity contribution in [2.75, 3.05) is 12.4 Å². The number of anilines is 1. The molecule has 2 aromatic rings. The minimum Gasteiger partial charge on any atom is -0.496 e. The maximum absolute atomic E-state index is 14.3. The van der Waals surface area contributed by atoms with Crippen molar-refractivity contribution in [1.82, 2.24) is 0 Å². The Morgan fingerprint density at radius 2 is 2.05 bits per heavy atom. The quantitative estimate of drug-likeness (QED) is 0.787. The summed E-state index contributed by atoms with van der Waals surface area (Å²) < 4.78 is 19.8. The first kappa shape index (κ1) is 15.7. The maximum Gasteiger partial charge on any atom is 0.161 e. The molecule has 0 aliphatic rings. The molecule has 3 N–H and O–H groups in total. The van der Waals surface area contributed by atoms with Gasteiger partial charge in [-0.25, -0.2) is 4.39 Å². The minimum atomic E-state index is -0.421. The van der Waals surface area contributed by atoms with Crippen molar-refractivity contribution in [3.8, 4) is 5.75 Å². The predicted octanol–water partition coefficient (Wildman–Crippen LogP) is 3.84. The summed E-state index contributed by atoms with van der Waals surface area (Å²) in [7, 11) is 1.60. The van der Waals surface area contributed by atoms with E-state index in [0.717, 1.165) is 11.3 Å². The average molecular weight is 369 g/mol. The number of nitrogens with one attached hydrogen (secondary N) is 1. The molecule has 0 heterocycles. The zero-order valence-electron chi connectivity index (χ0n) is 11.3. The van der Waals surface area contributed by atoms with Gasteiger partial charge >= 0.3 is 0 Å². The van der Waals surface area contributed by atoms with Crippen molar-refractivity contribution >= 4 is 38.8 Å². The number of thiocarbonyl (C=S) groups is 1. The Bertz CT molecular complexity index is 679. The van der Waals surface area contributed by atoms with Gasteiger partial charge in [-0.05, 0) is 34.1 Å². The Balaban J connectivity index is 2.21. The zero-order chi connectivity index (χ0) is 15.4. The van der Waals surface area contributed by atoms with E-state index >= 15 is 0 Å². The van der Waals surface area contributed by atoms with Crippen LogP contribution in [0, 0.1) is 5.82 Å². The first-order chi connectivity index (χ1) is 10.0. The fraction of sp³-hybridized carbons (Fsp3) is 0.133. The topological polar surface area (TPSA) is 47.3 Å². The molecular formula is C15H14BrFN2OS. The molecule has 0 radical (unpaired) electrons. The monoisotopic (exact) mass is 368 g/mol. The molecule has 0 aromatic heterocycles. The fourth-order valence-corrected chi connectivity index (χ4v) is 2.78. The van der Waals surface area contributed by atoms with Crippen molar-refractivity contribution in [3.05, 3.63) is 57.8 Å². The summed E-state index contributed by atoms with van der Waals surface area (Å²) in [5.41, 5.74) is 7.32. The number of para-hydroxylation sites is 1. The molecule has 0 saturated carbocycles. The molecule has 0 fully saturated rings. The lowest BCUT2D eigenvalue weighted by Crippen LogP contribution is -2.12. The van der Waals surface area contributed by atoms with Gasteiger partial charge in [0.15, 0.2) is 5.82 Å². The van der Waals surface area contributed by atoms with E-state index in [2.05, 4.69) is 21.2 Å². The minimum absolute atomic E-state index is 0.150. The van der Waals surface area contributed by atoms with Crippen LogP contribution in [0.15, 0.2) is 40.9 Å². The van der Waals surface area contributed by atoms with Crippen molar-refractivity contribution in [1.29, 1.82) is 0 Å². The van der Waals surface area contributed by atoms with Gasteiger partial charge in [0.25, 0.3) is 0 Å². The molecule has 0 unspecified atom stereocenters. The van der Waals surface area contributed by atoms with E-state index in [1.165, 1.54) is 0 Å². The molecule has 0 spiro atoms. The smallest absolute Gasteiger partial charge is 0.161 e. The molecule has 0 aliphatic heterocycles. The number of hydrogen-bond acceptors (Lipinski definition) is 3. The molecular weight excluding hydrogens is 355 g/mol. The van der Waals surface area contributed by atoms with Gasteiger partial charge in [-0.3, -0.25) is 0 Å². The molecule has 110 valence electrons. The van der Waals surface area contributed by atoms with Crippen molar-refractivity contribution in [2.24, 2.45) is 5.73 Å². The van der Waals surface area contributed by atoms with Gasteiger partial charge in [-0.2, -0.15) is 0 Å². The molecule has 0 saturated heterocycles. The van der Waals surface area contributed by atoms with E-state index in [0.29, 0.717) is 17.8 Å². The SMILES string of the molecule is COc1ccccc1CNc1ccc(C(N)=S)c(Br)c1F. The average Bonchev–Trinajstić information content (AvgIpc) is 2.48. The van der Waals surface area contributed by atoms with Gasteiger partial charge in [-0.15, -0.1) is 0 Å². The molecule has 2 aromatic carbocycles. The molecule has 0 aliphatic carbocycles. The summed E-state index contributed by atoms with van der Waals surface area (Å²) in [5.74, 6) is 0.333. The number of ether oxygens (including phenoxy) is 1. The van der Waals surface area contributed by atoms with Crippen LogP contribution in [0.1, 0.15) is 11.1 Å². The van der Waals surface area contributed by atoms with Crippen LogP contribution in [0.25, 0.3) is 0 Å². The van der Waals surface area contributed by atoms with Gasteiger partial charge in [-0.1, -0.05) is 30.4 Å². The highest BCUT2D eigenvalue weighted by atomic mass is 79.9. The lowest BCUT2D eigenvalue weighted by Gasteiger charge is -2.13. The van der Waals surface area contributed by atoms with Crippen molar-refractivity contribution in [2.45, 2.75) is 6.54 Å². The molecule has 6 heteroatoms. The van der Waals surface area contributed by atoms with Crippen LogP contribution >= 0.6 is 28.1 Å². The van der Waals surface area contributed by atoms with Crippen LogP contribution < -0.4 is 15.8 Å². The highest BCUT2D eigenvalue weighted by Gasteiger charge is 2.13. The number of rotatable bonds is 5. The summed E-state index contributed by atoms with van der Waals surface area (Å²) in [6, 6.07) is 10.9. The number of halogens is 2. The van der Waals surface area contributed by atoms with Crippen molar-refractivity contribution in [3.63, 3.8) is 0 Å². The summed E-state index contributed by atoms with van der Waals surface area (Å²) in [6.45, 7) is 0.444. The van der Waals surface area contributed by atoms with Crippen LogP contribution in [0.2, 0.25) is 0 Å². The van der Waals surface area contributed by atoms with Gasteiger partial charge < -0.3 is 15.8 Å². The molecule has 0 amide bonds. The van der Waals surface area contributed by atoms with E-state index in [-0.39, 0.29) is 9.46 Å². The maximum atomic E-state index is 14.3. The second-order valence-corrected chi connectivity index (χ2v) is 5.55. The third kappa shape index (κ3) is 3.51. The second kappa shape index (κ2) is 6.87. The summed E-state index contributed by atoms with van der Waals surface area (Å²) in [5, 5.41) is 3.04. The Labute approximate surface area is 136 Å². The lowest BCUT2D eigenvalue weighted by atomic mass is 10.1. The summed E-state index contributed by atoms with van der Waals surface area (Å²) in [4.78, 5) is 0.150. The standard InChI is InChI=1S/C15H14BrFN2OS/c1-20-12-5-3-2-4-9(12)8-19-11-7-6-10(15(18)21)13(16)14(11)17/h2-7,19H,8H2,1H3,(H2,18,21). The summed E-state index contributed by atoms with van der Waals surface area (Å²) in [6.07, 6.45) is 0. The Hall–Kier alpha value is -1.66. The zero-order valence-corrected chi connectivity index (χ0v) is 13.7. The van der Waals surface area contributed by atoms with Crippen LogP contribution in [0.3, 0.4) is 0 Å². The Morgan fingerprint density at radius 1 is 1.33 bits per heavy atom. The van der Waals surface area contributed by atoms with Gasteiger partial charge in [0.05, 0.1) is 17.3 Å². The number of methoxy groups -OCH3 is 1. The van der Waals surface area contributed by atoms with Gasteiger partial charge in [0.2, 0.25) is 0 Å². The third-order valence-electron chi connectivity index (χ3n) is 3.01. The normalized spacial score (nSPS) is 10.2. The van der Waals surface area contributed by atoms with Crippen LogP contribution in [0.5, 0.6) is 5.75 Å². The fourth-order valence-electron chi connectivity index (χ4n) is 1.92. The molecule has 3 nitrogen and oxygen atoms in total. The van der Waals surface area contributed by atoms with E-state index in [9.17, 15) is 4.39 Å². The van der Waals surface area contributed by atoms with Crippen LogP contribution in [-0.4, -0.2) is 12.1 Å². The molecule has 0 bridgehead atoms. The summed E-state index contributed by atoms with van der Waals surface area (Å²) >= 11 is 8.05. The van der Waals surface area contributed by atoms with Crippen LogP contribution in [-0.2, 0) is 6.54 Å². The van der Waals surface area contributed by atoms with Gasteiger partial charge in [0, 0.05) is 17.7 Å². The first-order valence-corrected chi connectivity index (χ1v) is 7.38.